The Bertz CT molecular complexity index is 808. The Morgan fingerprint density at radius 1 is 1.24 bits per heavy atom. The van der Waals surface area contributed by atoms with E-state index in [4.69, 9.17) is 9.15 Å². The number of hydrogen-bond acceptors (Lipinski definition) is 5. The lowest BCUT2D eigenvalue weighted by Crippen LogP contribution is -2.21. The van der Waals surface area contributed by atoms with E-state index < -0.39 is 0 Å². The Kier molecular flexibility index (Phi) is 5.94. The van der Waals surface area contributed by atoms with Gasteiger partial charge >= 0.3 is 0 Å². The van der Waals surface area contributed by atoms with Gasteiger partial charge in [0.15, 0.2) is 0 Å². The molecule has 2 aromatic rings. The highest BCUT2D eigenvalue weighted by atomic mass is 16.5. The Balaban J connectivity index is 1.95. The Hall–Kier alpha value is -3.09. The molecule has 0 fully saturated rings. The monoisotopic (exact) mass is 343 g/mol. The van der Waals surface area contributed by atoms with Crippen molar-refractivity contribution in [1.29, 1.82) is 0 Å². The molecule has 0 spiro atoms. The molecule has 7 heteroatoms. The lowest BCUT2D eigenvalue weighted by atomic mass is 10.2. The average Bonchev–Trinajstić information content (AvgIpc) is 2.99. The van der Waals surface area contributed by atoms with Crippen molar-refractivity contribution in [2.45, 2.75) is 27.2 Å². The van der Waals surface area contributed by atoms with Crippen molar-refractivity contribution >= 4 is 23.2 Å². The summed E-state index contributed by atoms with van der Waals surface area (Å²) in [5.74, 6) is 0.456. The highest BCUT2D eigenvalue weighted by Crippen LogP contribution is 2.25. The number of hydrogen-bond donors (Lipinski definition) is 2. The Morgan fingerprint density at radius 3 is 2.64 bits per heavy atom. The van der Waals surface area contributed by atoms with Gasteiger partial charge in [-0.15, -0.1) is 0 Å². The summed E-state index contributed by atoms with van der Waals surface area (Å²) in [5.41, 5.74) is 4.89. The molecular formula is C18H21N3O4. The summed E-state index contributed by atoms with van der Waals surface area (Å²) in [7, 11) is 1.54. The topological polar surface area (TPSA) is 92.9 Å². The summed E-state index contributed by atoms with van der Waals surface area (Å²) in [6, 6.07) is 7.08. The van der Waals surface area contributed by atoms with Crippen molar-refractivity contribution in [3.63, 3.8) is 0 Å². The van der Waals surface area contributed by atoms with E-state index in [9.17, 15) is 9.59 Å². The molecular weight excluding hydrogens is 322 g/mol. The van der Waals surface area contributed by atoms with Gasteiger partial charge in [0.05, 0.1) is 31.0 Å². The number of anilines is 1. The highest BCUT2D eigenvalue weighted by Gasteiger charge is 2.12. The second kappa shape index (κ2) is 8.14. The number of ether oxygens (including phenoxy) is 1. The fourth-order valence-electron chi connectivity index (χ4n) is 2.21. The number of furan rings is 1. The zero-order valence-corrected chi connectivity index (χ0v) is 14.7. The van der Waals surface area contributed by atoms with Crippen molar-refractivity contribution < 1.29 is 18.7 Å². The van der Waals surface area contributed by atoms with Crippen molar-refractivity contribution in [3.05, 3.63) is 47.4 Å². The van der Waals surface area contributed by atoms with Crippen molar-refractivity contribution in [2.75, 3.05) is 12.4 Å². The first-order chi connectivity index (χ1) is 11.9. The quantitative estimate of drug-likeness (QED) is 0.623. The van der Waals surface area contributed by atoms with Crippen LogP contribution in [0.3, 0.4) is 0 Å². The summed E-state index contributed by atoms with van der Waals surface area (Å²) in [4.78, 5) is 24.1. The Labute approximate surface area is 146 Å². The van der Waals surface area contributed by atoms with Crippen LogP contribution in [0, 0.1) is 13.8 Å². The number of amides is 2. The SMILES string of the molecule is COc1ccc(C)cc1NC(=O)C/C(C)=N\NC(=O)c1ccoc1C. The zero-order valence-electron chi connectivity index (χ0n) is 14.7. The van der Waals surface area contributed by atoms with E-state index in [1.165, 1.54) is 6.26 Å². The predicted molar refractivity (Wildman–Crippen MR) is 95.0 cm³/mol. The van der Waals surface area contributed by atoms with Crippen LogP contribution in [-0.4, -0.2) is 24.6 Å². The zero-order chi connectivity index (χ0) is 18.4. The van der Waals surface area contributed by atoms with Gasteiger partial charge in [-0.2, -0.15) is 5.10 Å². The smallest absolute Gasteiger partial charge is 0.274 e. The largest absolute Gasteiger partial charge is 0.495 e. The van der Waals surface area contributed by atoms with Gasteiger partial charge in [-0.05, 0) is 44.5 Å². The number of rotatable bonds is 6. The summed E-state index contributed by atoms with van der Waals surface area (Å²) in [6.07, 6.45) is 1.48. The second-order valence-corrected chi connectivity index (χ2v) is 5.61. The lowest BCUT2D eigenvalue weighted by Gasteiger charge is -2.11. The van der Waals surface area contributed by atoms with Crippen LogP contribution in [0.2, 0.25) is 0 Å². The number of nitrogens with one attached hydrogen (secondary N) is 2. The van der Waals surface area contributed by atoms with Gasteiger partial charge in [0, 0.05) is 5.71 Å². The molecule has 0 saturated heterocycles. The normalized spacial score (nSPS) is 11.1. The highest BCUT2D eigenvalue weighted by molar-refractivity contribution is 6.06. The predicted octanol–water partition coefficient (Wildman–Crippen LogP) is 3.04. The van der Waals surface area contributed by atoms with Crippen molar-refractivity contribution in [2.24, 2.45) is 5.10 Å². The van der Waals surface area contributed by atoms with Gasteiger partial charge in [0.1, 0.15) is 11.5 Å². The third-order valence-corrected chi connectivity index (χ3v) is 3.50. The van der Waals surface area contributed by atoms with Gasteiger partial charge in [0.2, 0.25) is 5.91 Å². The van der Waals surface area contributed by atoms with Crippen molar-refractivity contribution in [1.82, 2.24) is 5.43 Å². The molecule has 2 rings (SSSR count). The van der Waals surface area contributed by atoms with Crippen molar-refractivity contribution in [3.8, 4) is 5.75 Å². The van der Waals surface area contributed by atoms with E-state index in [1.807, 2.05) is 19.1 Å². The van der Waals surface area contributed by atoms with Crippen LogP contribution in [-0.2, 0) is 4.79 Å². The number of aryl methyl sites for hydroxylation is 2. The second-order valence-electron chi connectivity index (χ2n) is 5.61. The molecule has 1 aromatic carbocycles. The molecule has 0 aliphatic rings. The van der Waals surface area contributed by atoms with E-state index in [2.05, 4.69) is 15.8 Å². The van der Waals surface area contributed by atoms with Gasteiger partial charge in [0.25, 0.3) is 5.91 Å². The first-order valence-electron chi connectivity index (χ1n) is 7.72. The maximum atomic E-state index is 12.2. The summed E-state index contributed by atoms with van der Waals surface area (Å²) in [5, 5.41) is 6.73. The molecule has 1 heterocycles. The molecule has 0 bridgehead atoms. The molecule has 132 valence electrons. The number of benzene rings is 1. The molecule has 2 N–H and O–H groups in total. The van der Waals surface area contributed by atoms with E-state index in [-0.39, 0.29) is 18.2 Å². The third kappa shape index (κ3) is 4.94. The van der Waals surface area contributed by atoms with Crippen LogP contribution in [0.1, 0.15) is 35.0 Å². The summed E-state index contributed by atoms with van der Waals surface area (Å²) in [6.45, 7) is 5.28. The molecule has 25 heavy (non-hydrogen) atoms. The maximum absolute atomic E-state index is 12.2. The number of carbonyl (C=O) groups excluding carboxylic acids is 2. The molecule has 0 aliphatic carbocycles. The van der Waals surface area contributed by atoms with E-state index >= 15 is 0 Å². The van der Waals surface area contributed by atoms with Crippen LogP contribution >= 0.6 is 0 Å². The number of hydrazone groups is 1. The van der Waals surface area contributed by atoms with Gasteiger partial charge in [-0.3, -0.25) is 9.59 Å². The molecule has 1 aromatic heterocycles. The molecule has 0 saturated carbocycles. The molecule has 0 atom stereocenters. The van der Waals surface area contributed by atoms with Gasteiger partial charge in [-0.1, -0.05) is 6.07 Å². The van der Waals surface area contributed by atoms with E-state index in [0.29, 0.717) is 28.5 Å². The van der Waals surface area contributed by atoms with Crippen LogP contribution in [0.25, 0.3) is 0 Å². The summed E-state index contributed by atoms with van der Waals surface area (Å²) < 4.78 is 10.3. The summed E-state index contributed by atoms with van der Waals surface area (Å²) >= 11 is 0. The fourth-order valence-corrected chi connectivity index (χ4v) is 2.21. The maximum Gasteiger partial charge on any atom is 0.274 e. The molecule has 7 nitrogen and oxygen atoms in total. The minimum absolute atomic E-state index is 0.0434. The van der Waals surface area contributed by atoms with Gasteiger partial charge < -0.3 is 14.5 Å². The Morgan fingerprint density at radius 2 is 2.00 bits per heavy atom. The van der Waals surface area contributed by atoms with Crippen LogP contribution in [0.4, 0.5) is 5.69 Å². The number of nitrogens with zero attached hydrogens (tertiary/aromatic N) is 1. The first kappa shape index (κ1) is 18.3. The molecule has 0 radical (unpaired) electrons. The van der Waals surface area contributed by atoms with Crippen LogP contribution in [0.15, 0.2) is 40.0 Å². The number of methoxy groups -OCH3 is 1. The third-order valence-electron chi connectivity index (χ3n) is 3.50. The van der Waals surface area contributed by atoms with Gasteiger partial charge in [-0.25, -0.2) is 5.43 Å². The van der Waals surface area contributed by atoms with Crippen LogP contribution < -0.4 is 15.5 Å². The molecule has 0 unspecified atom stereocenters. The lowest BCUT2D eigenvalue weighted by molar-refractivity contribution is -0.115. The first-order valence-corrected chi connectivity index (χ1v) is 7.72. The molecule has 0 aliphatic heterocycles. The van der Waals surface area contributed by atoms with E-state index in [1.54, 1.807) is 33.1 Å². The minimum atomic E-state index is -0.383. The average molecular weight is 343 g/mol. The van der Waals surface area contributed by atoms with Crippen LogP contribution in [0.5, 0.6) is 5.75 Å². The molecule has 2 amide bonds. The number of carbonyl (C=O) groups is 2. The van der Waals surface area contributed by atoms with E-state index in [0.717, 1.165) is 5.56 Å². The fraction of sp³-hybridized carbons (Fsp3) is 0.278. The standard InChI is InChI=1S/C18H21N3O4/c1-11-5-6-16(24-4)15(9-11)19-17(22)10-12(2)20-21-18(23)14-7-8-25-13(14)3/h5-9H,10H2,1-4H3,(H,19,22)(H,21,23)/b20-12-. The minimum Gasteiger partial charge on any atom is -0.495 e.